The largest absolute Gasteiger partial charge is 0.497 e. The third kappa shape index (κ3) is 5.05. The molecule has 1 unspecified atom stereocenters. The maximum atomic E-state index is 12.8. The van der Waals surface area contributed by atoms with E-state index >= 15 is 0 Å². The first-order valence-electron chi connectivity index (χ1n) is 9.59. The number of carbonyl (C=O) groups excluding carboxylic acids is 3. The second kappa shape index (κ2) is 9.65. The molecular formula is C22H24N4O4S. The normalized spacial score (nSPS) is 15.9. The van der Waals surface area contributed by atoms with Crippen LogP contribution in [0.15, 0.2) is 53.7 Å². The number of rotatable bonds is 8. The van der Waals surface area contributed by atoms with E-state index in [1.54, 1.807) is 25.0 Å². The SMILES string of the molecule is COc1ccc(CN2C(=O)C(C)=C(C)C2SCC(=O)Nc2ncccc2C(N)=O)cc1. The number of benzene rings is 1. The van der Waals surface area contributed by atoms with Gasteiger partial charge < -0.3 is 20.7 Å². The minimum absolute atomic E-state index is 0.0491. The number of anilines is 1. The number of amides is 3. The molecule has 0 saturated carbocycles. The van der Waals surface area contributed by atoms with Crippen LogP contribution in [-0.4, -0.2) is 45.8 Å². The van der Waals surface area contributed by atoms with Crippen LogP contribution in [0.4, 0.5) is 5.82 Å². The first kappa shape index (κ1) is 22.4. The molecule has 0 radical (unpaired) electrons. The quantitative estimate of drug-likeness (QED) is 0.652. The van der Waals surface area contributed by atoms with Crippen LogP contribution in [-0.2, 0) is 16.1 Å². The van der Waals surface area contributed by atoms with Crippen molar-refractivity contribution in [2.45, 2.75) is 25.8 Å². The Labute approximate surface area is 184 Å². The first-order chi connectivity index (χ1) is 14.8. The van der Waals surface area contributed by atoms with Crippen molar-refractivity contribution in [3.05, 3.63) is 64.9 Å². The van der Waals surface area contributed by atoms with E-state index in [0.717, 1.165) is 16.9 Å². The van der Waals surface area contributed by atoms with Gasteiger partial charge in [-0.1, -0.05) is 12.1 Å². The molecule has 3 N–H and O–H groups in total. The Kier molecular flexibility index (Phi) is 6.96. The lowest BCUT2D eigenvalue weighted by Gasteiger charge is -2.26. The molecule has 0 saturated heterocycles. The van der Waals surface area contributed by atoms with E-state index in [4.69, 9.17) is 10.5 Å². The monoisotopic (exact) mass is 440 g/mol. The molecule has 0 fully saturated rings. The first-order valence-corrected chi connectivity index (χ1v) is 10.6. The van der Waals surface area contributed by atoms with Crippen molar-refractivity contribution in [2.24, 2.45) is 5.73 Å². The van der Waals surface area contributed by atoms with Gasteiger partial charge in [-0.25, -0.2) is 4.98 Å². The predicted molar refractivity (Wildman–Crippen MR) is 120 cm³/mol. The maximum Gasteiger partial charge on any atom is 0.252 e. The molecule has 1 aliphatic heterocycles. The standard InChI is InChI=1S/C22H24N4O4S/c1-13-14(2)22(26(21(13)29)11-15-6-8-16(30-3)9-7-15)31-12-18(27)25-20-17(19(23)28)5-4-10-24-20/h4-10,22H,11-12H2,1-3H3,(H2,23,28)(H,24,25,27). The molecule has 8 nitrogen and oxygen atoms in total. The van der Waals surface area contributed by atoms with Gasteiger partial charge in [-0.05, 0) is 49.2 Å². The lowest BCUT2D eigenvalue weighted by Crippen LogP contribution is -2.34. The van der Waals surface area contributed by atoms with Crippen molar-refractivity contribution >= 4 is 35.3 Å². The number of nitrogens with zero attached hydrogens (tertiary/aromatic N) is 2. The summed E-state index contributed by atoms with van der Waals surface area (Å²) < 4.78 is 5.18. The van der Waals surface area contributed by atoms with Gasteiger partial charge in [0.1, 0.15) is 16.9 Å². The highest BCUT2D eigenvalue weighted by atomic mass is 32.2. The Morgan fingerprint density at radius 1 is 1.23 bits per heavy atom. The summed E-state index contributed by atoms with van der Waals surface area (Å²) >= 11 is 1.34. The summed E-state index contributed by atoms with van der Waals surface area (Å²) in [5.74, 6) is -0.0999. The van der Waals surface area contributed by atoms with E-state index in [1.807, 2.05) is 31.2 Å². The van der Waals surface area contributed by atoms with Crippen molar-refractivity contribution in [2.75, 3.05) is 18.2 Å². The van der Waals surface area contributed by atoms with Gasteiger partial charge in [-0.3, -0.25) is 14.4 Å². The summed E-state index contributed by atoms with van der Waals surface area (Å²) in [6.07, 6.45) is 1.47. The third-order valence-corrected chi connectivity index (χ3v) is 6.39. The molecule has 0 aliphatic carbocycles. The van der Waals surface area contributed by atoms with Crippen molar-refractivity contribution < 1.29 is 19.1 Å². The van der Waals surface area contributed by atoms with Gasteiger partial charge in [0.05, 0.1) is 18.4 Å². The van der Waals surface area contributed by atoms with E-state index in [1.165, 1.54) is 24.0 Å². The molecule has 1 aliphatic rings. The number of ether oxygens (including phenoxy) is 1. The van der Waals surface area contributed by atoms with E-state index in [0.29, 0.717) is 12.1 Å². The fourth-order valence-corrected chi connectivity index (χ4v) is 4.39. The molecule has 2 heterocycles. The van der Waals surface area contributed by atoms with E-state index in [9.17, 15) is 14.4 Å². The third-order valence-electron chi connectivity index (χ3n) is 5.04. The second-order valence-electron chi connectivity index (χ2n) is 7.06. The maximum absolute atomic E-state index is 12.8. The number of carbonyl (C=O) groups is 3. The van der Waals surface area contributed by atoms with Crippen LogP contribution >= 0.6 is 11.8 Å². The molecule has 1 atom stereocenters. The number of pyridine rings is 1. The molecule has 1 aromatic carbocycles. The smallest absolute Gasteiger partial charge is 0.252 e. The van der Waals surface area contributed by atoms with Crippen LogP contribution < -0.4 is 15.8 Å². The number of thioether (sulfide) groups is 1. The number of hydrogen-bond donors (Lipinski definition) is 2. The fourth-order valence-electron chi connectivity index (χ4n) is 3.23. The van der Waals surface area contributed by atoms with Gasteiger partial charge in [-0.2, -0.15) is 0 Å². The van der Waals surface area contributed by atoms with Gasteiger partial charge >= 0.3 is 0 Å². The van der Waals surface area contributed by atoms with Gasteiger partial charge in [0.15, 0.2) is 0 Å². The Hall–Kier alpha value is -3.33. The number of nitrogens with two attached hydrogens (primary N) is 1. The second-order valence-corrected chi connectivity index (χ2v) is 8.13. The minimum Gasteiger partial charge on any atom is -0.497 e. The highest BCUT2D eigenvalue weighted by Gasteiger charge is 2.35. The lowest BCUT2D eigenvalue weighted by molar-refractivity contribution is -0.126. The Balaban J connectivity index is 1.68. The number of nitrogens with one attached hydrogen (secondary N) is 1. The Bertz CT molecular complexity index is 1040. The van der Waals surface area contributed by atoms with Crippen molar-refractivity contribution in [3.63, 3.8) is 0 Å². The zero-order chi connectivity index (χ0) is 22.5. The Morgan fingerprint density at radius 2 is 1.94 bits per heavy atom. The van der Waals surface area contributed by atoms with Crippen LogP contribution in [0.2, 0.25) is 0 Å². The molecule has 0 spiro atoms. The van der Waals surface area contributed by atoms with Crippen molar-refractivity contribution in [1.82, 2.24) is 9.88 Å². The zero-order valence-corrected chi connectivity index (χ0v) is 18.4. The summed E-state index contributed by atoms with van der Waals surface area (Å²) in [5, 5.41) is 2.36. The zero-order valence-electron chi connectivity index (χ0n) is 17.5. The average Bonchev–Trinajstić information content (AvgIpc) is 2.96. The van der Waals surface area contributed by atoms with E-state index in [-0.39, 0.29) is 34.3 Å². The summed E-state index contributed by atoms with van der Waals surface area (Å²) in [5.41, 5.74) is 8.05. The highest BCUT2D eigenvalue weighted by molar-refractivity contribution is 8.00. The predicted octanol–water partition coefficient (Wildman–Crippen LogP) is 2.57. The summed E-state index contributed by atoms with van der Waals surface area (Å²) in [6, 6.07) is 10.6. The topological polar surface area (TPSA) is 115 Å². The highest BCUT2D eigenvalue weighted by Crippen LogP contribution is 2.34. The Morgan fingerprint density at radius 3 is 2.58 bits per heavy atom. The number of aromatic nitrogens is 1. The van der Waals surface area contributed by atoms with Crippen LogP contribution in [0.25, 0.3) is 0 Å². The fraction of sp³-hybridized carbons (Fsp3) is 0.273. The number of hydrogen-bond acceptors (Lipinski definition) is 6. The lowest BCUT2D eigenvalue weighted by atomic mass is 10.2. The number of methoxy groups -OCH3 is 1. The van der Waals surface area contributed by atoms with Crippen LogP contribution in [0.1, 0.15) is 29.8 Å². The molecule has 3 rings (SSSR count). The number of primary amides is 1. The minimum atomic E-state index is -0.669. The summed E-state index contributed by atoms with van der Waals surface area (Å²) in [7, 11) is 1.60. The molecular weight excluding hydrogens is 416 g/mol. The molecule has 9 heteroatoms. The van der Waals surface area contributed by atoms with Crippen LogP contribution in [0.5, 0.6) is 5.75 Å². The van der Waals surface area contributed by atoms with Gasteiger partial charge in [0.25, 0.3) is 11.8 Å². The molecule has 162 valence electrons. The molecule has 31 heavy (non-hydrogen) atoms. The van der Waals surface area contributed by atoms with E-state index < -0.39 is 5.91 Å². The summed E-state index contributed by atoms with van der Waals surface area (Å²) in [4.78, 5) is 42.5. The molecule has 0 bridgehead atoms. The van der Waals surface area contributed by atoms with Crippen molar-refractivity contribution in [1.29, 1.82) is 0 Å². The average molecular weight is 441 g/mol. The molecule has 1 aromatic heterocycles. The summed E-state index contributed by atoms with van der Waals surface area (Å²) in [6.45, 7) is 4.12. The molecule has 2 aromatic rings. The van der Waals surface area contributed by atoms with Crippen LogP contribution in [0.3, 0.4) is 0 Å². The van der Waals surface area contributed by atoms with Crippen LogP contribution in [0, 0.1) is 0 Å². The van der Waals surface area contributed by atoms with Gasteiger partial charge in [0, 0.05) is 18.3 Å². The van der Waals surface area contributed by atoms with Gasteiger partial charge in [0.2, 0.25) is 5.91 Å². The van der Waals surface area contributed by atoms with E-state index in [2.05, 4.69) is 10.3 Å². The van der Waals surface area contributed by atoms with Crippen molar-refractivity contribution in [3.8, 4) is 5.75 Å². The molecule has 3 amide bonds. The van der Waals surface area contributed by atoms with Gasteiger partial charge in [-0.15, -0.1) is 11.8 Å².